The lowest BCUT2D eigenvalue weighted by molar-refractivity contribution is 0.660. The summed E-state index contributed by atoms with van der Waals surface area (Å²) in [6, 6.07) is 46.8. The van der Waals surface area contributed by atoms with Gasteiger partial charge in [-0.25, -0.2) is 0 Å². The third-order valence-corrected chi connectivity index (χ3v) is 11.1. The van der Waals surface area contributed by atoms with Gasteiger partial charge in [0, 0.05) is 16.4 Å². The molecule has 3 N–H and O–H groups in total. The van der Waals surface area contributed by atoms with E-state index in [0.29, 0.717) is 0 Å². The molecule has 0 fully saturated rings. The molecule has 50 heavy (non-hydrogen) atoms. The molecule has 0 unspecified atom stereocenters. The largest absolute Gasteiger partial charge is 0.384 e. The normalized spacial score (nSPS) is 14.3. The van der Waals surface area contributed by atoms with Crippen LogP contribution < -0.4 is 5.73 Å². The Labute approximate surface area is 295 Å². The molecule has 0 heterocycles. The Balaban J connectivity index is 0.00000116. The van der Waals surface area contributed by atoms with Crippen molar-refractivity contribution in [2.75, 3.05) is 0 Å². The van der Waals surface area contributed by atoms with Crippen LogP contribution in [0.3, 0.4) is 0 Å². The summed E-state index contributed by atoms with van der Waals surface area (Å²) >= 11 is 0. The molecule has 0 spiro atoms. The fraction of sp³-hybridized carbons (Fsp3) is 0.146. The molecule has 244 valence electrons. The summed E-state index contributed by atoms with van der Waals surface area (Å²) in [5.74, 6) is 0.0788. The Morgan fingerprint density at radius 3 is 1.40 bits per heavy atom. The molecule has 2 aliphatic carbocycles. The minimum absolute atomic E-state index is 0.0788. The van der Waals surface area contributed by atoms with Crippen LogP contribution in [0.1, 0.15) is 62.4 Å². The summed E-state index contributed by atoms with van der Waals surface area (Å²) < 4.78 is 0. The highest BCUT2D eigenvalue weighted by molar-refractivity contribution is 6.22. The standard InChI is InChI=1S/C45H36N2.C3H6/c1-44(2)37-15-9-7-11-29(37)31-20-17-26(24-39(31)44)41-33-13-5-6-14-34(33)42(36-23-28(43(46)47)19-22-35(36)41)27-18-21-32-30-12-8-10-16-38(30)45(3,4)40(32)25-27;1-3-2/h5-25H,1-4H3,(H3,46,47);3H,1H2,2H3. The lowest BCUT2D eigenvalue weighted by atomic mass is 9.79. The fourth-order valence-corrected chi connectivity index (χ4v) is 8.69. The summed E-state index contributed by atoms with van der Waals surface area (Å²) in [6.07, 6.45) is 1.75. The zero-order valence-corrected chi connectivity index (χ0v) is 29.5. The topological polar surface area (TPSA) is 49.9 Å². The van der Waals surface area contributed by atoms with Gasteiger partial charge in [-0.1, -0.05) is 143 Å². The Hall–Kier alpha value is -5.73. The highest BCUT2D eigenvalue weighted by Crippen LogP contribution is 2.53. The van der Waals surface area contributed by atoms with Gasteiger partial charge >= 0.3 is 0 Å². The molecule has 7 aromatic carbocycles. The van der Waals surface area contributed by atoms with E-state index in [1.165, 1.54) is 82.9 Å². The number of nitrogens with one attached hydrogen (secondary N) is 1. The van der Waals surface area contributed by atoms with Gasteiger partial charge < -0.3 is 5.73 Å². The minimum Gasteiger partial charge on any atom is -0.384 e. The first kappa shape index (κ1) is 31.5. The van der Waals surface area contributed by atoms with E-state index < -0.39 is 0 Å². The van der Waals surface area contributed by atoms with Crippen LogP contribution in [-0.4, -0.2) is 5.84 Å². The molecule has 2 nitrogen and oxygen atoms in total. The van der Waals surface area contributed by atoms with Crippen LogP contribution in [0.5, 0.6) is 0 Å². The second-order valence-electron chi connectivity index (χ2n) is 14.7. The molecule has 0 aliphatic heterocycles. The number of nitrogens with two attached hydrogens (primary N) is 1. The molecule has 0 saturated heterocycles. The van der Waals surface area contributed by atoms with Crippen LogP contribution in [0, 0.1) is 5.41 Å². The van der Waals surface area contributed by atoms with Gasteiger partial charge in [0.2, 0.25) is 0 Å². The molecule has 0 saturated carbocycles. The zero-order valence-electron chi connectivity index (χ0n) is 29.5. The Morgan fingerprint density at radius 2 is 0.920 bits per heavy atom. The molecule has 0 aromatic heterocycles. The van der Waals surface area contributed by atoms with Gasteiger partial charge in [0.15, 0.2) is 0 Å². The first-order chi connectivity index (χ1) is 24.1. The number of hydrogen-bond acceptors (Lipinski definition) is 1. The predicted molar refractivity (Wildman–Crippen MR) is 214 cm³/mol. The van der Waals surface area contributed by atoms with Gasteiger partial charge in [-0.3, -0.25) is 5.41 Å². The van der Waals surface area contributed by atoms with E-state index in [4.69, 9.17) is 11.1 Å². The lowest BCUT2D eigenvalue weighted by Gasteiger charge is -2.24. The minimum atomic E-state index is -0.104. The average Bonchev–Trinajstić information content (AvgIpc) is 3.49. The molecule has 0 bridgehead atoms. The Kier molecular flexibility index (Phi) is 7.20. The van der Waals surface area contributed by atoms with Crippen molar-refractivity contribution in [3.05, 3.63) is 168 Å². The van der Waals surface area contributed by atoms with Crippen molar-refractivity contribution in [2.24, 2.45) is 5.73 Å². The molecule has 7 aromatic rings. The van der Waals surface area contributed by atoms with Crippen LogP contribution in [0.4, 0.5) is 0 Å². The van der Waals surface area contributed by atoms with Gasteiger partial charge in [0.25, 0.3) is 0 Å². The fourth-order valence-electron chi connectivity index (χ4n) is 8.69. The third kappa shape index (κ3) is 4.52. The maximum absolute atomic E-state index is 8.36. The number of fused-ring (bicyclic) bond motifs is 8. The molecule has 0 atom stereocenters. The summed E-state index contributed by atoms with van der Waals surface area (Å²) in [6.45, 7) is 14.6. The van der Waals surface area contributed by atoms with Crippen LogP contribution in [0.2, 0.25) is 0 Å². The maximum atomic E-state index is 8.36. The third-order valence-electron chi connectivity index (χ3n) is 11.1. The van der Waals surface area contributed by atoms with E-state index in [1.54, 1.807) is 6.08 Å². The van der Waals surface area contributed by atoms with Crippen molar-refractivity contribution in [2.45, 2.75) is 45.4 Å². The van der Waals surface area contributed by atoms with E-state index in [1.807, 2.05) is 13.0 Å². The van der Waals surface area contributed by atoms with Crippen molar-refractivity contribution >= 4 is 27.4 Å². The molecule has 0 radical (unpaired) electrons. The number of benzene rings is 7. The number of nitrogen functional groups attached to an aromatic ring is 1. The molecular weight excluding hydrogens is 605 g/mol. The van der Waals surface area contributed by atoms with E-state index in [-0.39, 0.29) is 16.7 Å². The van der Waals surface area contributed by atoms with Gasteiger partial charge in [-0.15, -0.1) is 6.58 Å². The van der Waals surface area contributed by atoms with Crippen molar-refractivity contribution < 1.29 is 0 Å². The van der Waals surface area contributed by atoms with Crippen LogP contribution in [-0.2, 0) is 10.8 Å². The molecule has 0 amide bonds. The van der Waals surface area contributed by atoms with E-state index in [2.05, 4.69) is 156 Å². The summed E-state index contributed by atoms with van der Waals surface area (Å²) in [5, 5.41) is 13.1. The monoisotopic (exact) mass is 646 g/mol. The van der Waals surface area contributed by atoms with E-state index in [0.717, 1.165) is 10.9 Å². The molecule has 2 heteroatoms. The SMILES string of the molecule is C=CC.CC1(C)c2ccccc2-c2ccc(-c3c4ccccc4c(-c4ccc5c(c4)C(C)(C)c4ccccc4-5)c4cc(C(=N)N)ccc34)cc21. The second-order valence-corrected chi connectivity index (χ2v) is 14.7. The number of rotatable bonds is 3. The second kappa shape index (κ2) is 11.4. The number of amidine groups is 1. The zero-order chi connectivity index (χ0) is 34.9. The van der Waals surface area contributed by atoms with Gasteiger partial charge in [-0.05, 0) is 113 Å². The number of hydrogen-bond donors (Lipinski definition) is 2. The van der Waals surface area contributed by atoms with Crippen LogP contribution in [0.25, 0.3) is 66.1 Å². The van der Waals surface area contributed by atoms with Crippen molar-refractivity contribution in [1.82, 2.24) is 0 Å². The van der Waals surface area contributed by atoms with Crippen molar-refractivity contribution in [3.63, 3.8) is 0 Å². The Morgan fingerprint density at radius 1 is 0.520 bits per heavy atom. The molecule has 9 rings (SSSR count). The van der Waals surface area contributed by atoms with Gasteiger partial charge in [-0.2, -0.15) is 0 Å². The summed E-state index contributed by atoms with van der Waals surface area (Å²) in [4.78, 5) is 0. The first-order valence-corrected chi connectivity index (χ1v) is 17.5. The van der Waals surface area contributed by atoms with E-state index in [9.17, 15) is 0 Å². The van der Waals surface area contributed by atoms with Crippen LogP contribution in [0.15, 0.2) is 140 Å². The van der Waals surface area contributed by atoms with Crippen LogP contribution >= 0.6 is 0 Å². The van der Waals surface area contributed by atoms with Crippen molar-refractivity contribution in [1.29, 1.82) is 5.41 Å². The van der Waals surface area contributed by atoms with Gasteiger partial charge in [0.1, 0.15) is 5.84 Å². The quantitative estimate of drug-likeness (QED) is 0.0853. The molecular formula is C48H42N2. The summed E-state index contributed by atoms with van der Waals surface area (Å²) in [5.41, 5.74) is 22.2. The lowest BCUT2D eigenvalue weighted by Crippen LogP contribution is -2.15. The maximum Gasteiger partial charge on any atom is 0.122 e. The highest BCUT2D eigenvalue weighted by Gasteiger charge is 2.37. The van der Waals surface area contributed by atoms with Gasteiger partial charge in [0.05, 0.1) is 0 Å². The highest BCUT2D eigenvalue weighted by atomic mass is 14.7. The average molecular weight is 647 g/mol. The number of allylic oxidation sites excluding steroid dienone is 1. The van der Waals surface area contributed by atoms with Crippen molar-refractivity contribution in [3.8, 4) is 44.5 Å². The first-order valence-electron chi connectivity index (χ1n) is 17.5. The Bertz CT molecular complexity index is 2550. The molecule has 2 aliphatic rings. The predicted octanol–water partition coefficient (Wildman–Crippen LogP) is 12.4. The summed E-state index contributed by atoms with van der Waals surface area (Å²) in [7, 11) is 0. The smallest absolute Gasteiger partial charge is 0.122 e. The van der Waals surface area contributed by atoms with E-state index >= 15 is 0 Å².